The van der Waals surface area contributed by atoms with E-state index in [0.717, 1.165) is 33.7 Å². The number of nitrogens with zero attached hydrogens (tertiary/aromatic N) is 3. The molecule has 8 heteroatoms. The van der Waals surface area contributed by atoms with E-state index in [9.17, 15) is 0 Å². The third kappa shape index (κ3) is 3.60. The Kier molecular flexibility index (Phi) is 5.60. The van der Waals surface area contributed by atoms with E-state index in [1.807, 2.05) is 47.3 Å². The van der Waals surface area contributed by atoms with Crippen molar-refractivity contribution in [3.8, 4) is 17.2 Å². The van der Waals surface area contributed by atoms with Crippen molar-refractivity contribution in [2.24, 2.45) is 0 Å². The molecule has 0 saturated carbocycles. The van der Waals surface area contributed by atoms with Gasteiger partial charge in [-0.25, -0.2) is 4.68 Å². The Morgan fingerprint density at radius 2 is 1.69 bits per heavy atom. The molecule has 0 saturated heterocycles. The van der Waals surface area contributed by atoms with Gasteiger partial charge in [0.1, 0.15) is 17.9 Å². The van der Waals surface area contributed by atoms with Gasteiger partial charge in [0.25, 0.3) is 0 Å². The van der Waals surface area contributed by atoms with Crippen LogP contribution in [0.4, 0.5) is 5.95 Å². The second-order valence-corrected chi connectivity index (χ2v) is 9.52. The largest absolute Gasteiger partial charge is 0.493 e. The van der Waals surface area contributed by atoms with Crippen LogP contribution >= 0.6 is 11.8 Å². The molecule has 2 aliphatic rings. The average molecular weight is 499 g/mol. The van der Waals surface area contributed by atoms with Crippen LogP contribution in [0.2, 0.25) is 0 Å². The number of anilines is 1. The molecule has 0 bridgehead atoms. The summed E-state index contributed by atoms with van der Waals surface area (Å²) in [4.78, 5) is 4.77. The number of para-hydroxylation sites is 1. The molecule has 2 aliphatic heterocycles. The Morgan fingerprint density at radius 1 is 0.944 bits per heavy atom. The van der Waals surface area contributed by atoms with Crippen molar-refractivity contribution < 1.29 is 14.2 Å². The lowest BCUT2D eigenvalue weighted by atomic mass is 9.84. The second-order valence-electron chi connectivity index (χ2n) is 8.74. The van der Waals surface area contributed by atoms with Gasteiger partial charge in [-0.1, -0.05) is 59.8 Å². The fourth-order valence-electron chi connectivity index (χ4n) is 4.90. The predicted molar refractivity (Wildman–Crippen MR) is 141 cm³/mol. The molecule has 0 spiro atoms. The SMILES string of the molecule is COc1ccc(C2Oc3ccccc3C3=C2C(c2ccc(C)cc2)n2nc(SC)nc2N3)cc1OC. The summed E-state index contributed by atoms with van der Waals surface area (Å²) in [6.07, 6.45) is 1.60. The summed E-state index contributed by atoms with van der Waals surface area (Å²) in [6.45, 7) is 2.09. The molecule has 1 aromatic heterocycles. The topological polar surface area (TPSA) is 70.4 Å². The summed E-state index contributed by atoms with van der Waals surface area (Å²) in [5, 5.41) is 9.16. The Bertz CT molecular complexity index is 1480. The number of benzene rings is 3. The minimum atomic E-state index is -0.386. The smallest absolute Gasteiger partial charge is 0.227 e. The van der Waals surface area contributed by atoms with Gasteiger partial charge in [0.2, 0.25) is 11.1 Å². The van der Waals surface area contributed by atoms with Gasteiger partial charge in [-0.05, 0) is 43.0 Å². The highest BCUT2D eigenvalue weighted by molar-refractivity contribution is 7.98. The van der Waals surface area contributed by atoms with Crippen molar-refractivity contribution in [2.75, 3.05) is 25.8 Å². The van der Waals surface area contributed by atoms with Crippen molar-refractivity contribution in [2.45, 2.75) is 24.2 Å². The van der Waals surface area contributed by atoms with Crippen molar-refractivity contribution >= 4 is 23.4 Å². The van der Waals surface area contributed by atoms with Crippen molar-refractivity contribution in [3.05, 3.63) is 94.6 Å². The Labute approximate surface area is 214 Å². The number of nitrogens with one attached hydrogen (secondary N) is 1. The number of aryl methyl sites for hydroxylation is 1. The zero-order valence-corrected chi connectivity index (χ0v) is 21.3. The number of rotatable bonds is 5. The van der Waals surface area contributed by atoms with Gasteiger partial charge in [0, 0.05) is 16.7 Å². The maximum atomic E-state index is 6.72. The monoisotopic (exact) mass is 498 g/mol. The lowest BCUT2D eigenvalue weighted by Crippen LogP contribution is -2.32. The molecule has 0 fully saturated rings. The molecule has 36 heavy (non-hydrogen) atoms. The van der Waals surface area contributed by atoms with Crippen LogP contribution in [0, 0.1) is 6.92 Å². The van der Waals surface area contributed by atoms with Crippen LogP contribution in [0.25, 0.3) is 5.70 Å². The maximum Gasteiger partial charge on any atom is 0.227 e. The normalized spacial score (nSPS) is 17.9. The molecule has 1 N–H and O–H groups in total. The highest BCUT2D eigenvalue weighted by Crippen LogP contribution is 2.51. The molecule has 2 atom stereocenters. The van der Waals surface area contributed by atoms with Gasteiger partial charge in [0.15, 0.2) is 11.5 Å². The van der Waals surface area contributed by atoms with Gasteiger partial charge in [0.05, 0.1) is 19.9 Å². The van der Waals surface area contributed by atoms with E-state index in [1.54, 1.807) is 14.2 Å². The number of aromatic nitrogens is 3. The van der Waals surface area contributed by atoms with Crippen LogP contribution in [0.1, 0.15) is 34.4 Å². The Hall–Kier alpha value is -3.91. The Morgan fingerprint density at radius 3 is 2.44 bits per heavy atom. The van der Waals surface area contributed by atoms with Gasteiger partial charge in [-0.15, -0.1) is 5.10 Å². The molecule has 0 radical (unpaired) electrons. The van der Waals surface area contributed by atoms with E-state index >= 15 is 0 Å². The van der Waals surface area contributed by atoms with Crippen LogP contribution in [0.5, 0.6) is 17.2 Å². The minimum Gasteiger partial charge on any atom is -0.493 e. The fraction of sp³-hybridized carbons (Fsp3) is 0.214. The van der Waals surface area contributed by atoms with Gasteiger partial charge in [-0.2, -0.15) is 4.98 Å². The van der Waals surface area contributed by atoms with Crippen LogP contribution in [0.3, 0.4) is 0 Å². The molecule has 0 aliphatic carbocycles. The quantitative estimate of drug-likeness (QED) is 0.344. The van der Waals surface area contributed by atoms with Crippen molar-refractivity contribution in [1.29, 1.82) is 0 Å². The first kappa shape index (κ1) is 22.5. The lowest BCUT2D eigenvalue weighted by molar-refractivity contribution is 0.222. The maximum absolute atomic E-state index is 6.72. The molecular formula is C28H26N4O3S. The summed E-state index contributed by atoms with van der Waals surface area (Å²) in [7, 11) is 3.28. The number of methoxy groups -OCH3 is 2. The van der Waals surface area contributed by atoms with Crippen molar-refractivity contribution in [3.63, 3.8) is 0 Å². The highest BCUT2D eigenvalue weighted by Gasteiger charge is 2.41. The van der Waals surface area contributed by atoms with E-state index in [-0.39, 0.29) is 12.1 Å². The van der Waals surface area contributed by atoms with E-state index in [0.29, 0.717) is 22.6 Å². The van der Waals surface area contributed by atoms with E-state index in [2.05, 4.69) is 42.6 Å². The number of hydrogen-bond acceptors (Lipinski definition) is 7. The fourth-order valence-corrected chi connectivity index (χ4v) is 5.25. The molecule has 2 unspecified atom stereocenters. The first-order valence-electron chi connectivity index (χ1n) is 11.7. The van der Waals surface area contributed by atoms with Gasteiger partial charge < -0.3 is 19.5 Å². The first-order valence-corrected chi connectivity index (χ1v) is 12.9. The summed E-state index contributed by atoms with van der Waals surface area (Å²) < 4.78 is 19.8. The van der Waals surface area contributed by atoms with Crippen LogP contribution < -0.4 is 19.5 Å². The molecule has 0 amide bonds. The van der Waals surface area contributed by atoms with Gasteiger partial charge in [-0.3, -0.25) is 0 Å². The van der Waals surface area contributed by atoms with Crippen LogP contribution in [-0.4, -0.2) is 35.2 Å². The van der Waals surface area contributed by atoms with Crippen LogP contribution in [-0.2, 0) is 0 Å². The van der Waals surface area contributed by atoms with E-state index < -0.39 is 0 Å². The average Bonchev–Trinajstić information content (AvgIpc) is 3.34. The van der Waals surface area contributed by atoms with Crippen molar-refractivity contribution in [1.82, 2.24) is 14.8 Å². The van der Waals surface area contributed by atoms with Crippen LogP contribution in [0.15, 0.2) is 77.5 Å². The number of hydrogen-bond donors (Lipinski definition) is 1. The second kappa shape index (κ2) is 8.95. The first-order chi connectivity index (χ1) is 17.6. The molecule has 3 heterocycles. The zero-order valence-electron chi connectivity index (χ0n) is 20.5. The zero-order chi connectivity index (χ0) is 24.8. The summed E-state index contributed by atoms with van der Waals surface area (Å²) >= 11 is 1.52. The predicted octanol–water partition coefficient (Wildman–Crippen LogP) is 5.89. The Balaban J connectivity index is 1.61. The molecule has 4 aromatic rings. The third-order valence-electron chi connectivity index (χ3n) is 6.65. The summed E-state index contributed by atoms with van der Waals surface area (Å²) in [5.74, 6) is 2.85. The standard InChI is InChI=1S/C28H26N4O3S/c1-16-9-11-17(12-10-16)25-23-24(29-27-30-28(36-4)31-32(25)27)19-7-5-6-8-20(19)35-26(23)18-13-14-21(33-2)22(15-18)34-3/h5-15,25-26H,1-4H3,(H,29,30,31). The van der Waals surface area contributed by atoms with E-state index in [4.69, 9.17) is 24.3 Å². The number of thioether (sulfide) groups is 1. The molecular weight excluding hydrogens is 472 g/mol. The number of fused-ring (bicyclic) bond motifs is 3. The third-order valence-corrected chi connectivity index (χ3v) is 7.18. The molecule has 3 aromatic carbocycles. The highest BCUT2D eigenvalue weighted by atomic mass is 32.2. The number of ether oxygens (including phenoxy) is 3. The summed E-state index contributed by atoms with van der Waals surface area (Å²) in [5.41, 5.74) is 6.34. The molecule has 7 nitrogen and oxygen atoms in total. The minimum absolute atomic E-state index is 0.211. The van der Waals surface area contributed by atoms with Gasteiger partial charge >= 0.3 is 0 Å². The molecule has 6 rings (SSSR count). The molecule has 182 valence electrons. The van der Waals surface area contributed by atoms with E-state index in [1.165, 1.54) is 17.3 Å². The lowest BCUT2D eigenvalue weighted by Gasteiger charge is -2.39. The summed E-state index contributed by atoms with van der Waals surface area (Å²) in [6, 6.07) is 22.4.